The number of imide groups is 1. The molecule has 0 aromatic heterocycles. The zero-order chi connectivity index (χ0) is 17.9. The molecule has 6 heteroatoms. The fourth-order valence-electron chi connectivity index (χ4n) is 3.44. The van der Waals surface area contributed by atoms with Crippen LogP contribution >= 0.6 is 0 Å². The van der Waals surface area contributed by atoms with Crippen LogP contribution in [0.5, 0.6) is 0 Å². The molecule has 0 aliphatic carbocycles. The predicted molar refractivity (Wildman–Crippen MR) is 97.6 cm³/mol. The van der Waals surface area contributed by atoms with Gasteiger partial charge in [0, 0.05) is 18.8 Å². The van der Waals surface area contributed by atoms with Gasteiger partial charge in [-0.25, -0.2) is 9.69 Å². The minimum Gasteiger partial charge on any atom is -0.379 e. The number of ether oxygens (including phenoxy) is 1. The van der Waals surface area contributed by atoms with Gasteiger partial charge in [0.15, 0.2) is 0 Å². The van der Waals surface area contributed by atoms with E-state index < -0.39 is 6.04 Å². The number of nitrogens with zero attached hydrogens (tertiary/aromatic N) is 3. The lowest BCUT2D eigenvalue weighted by Gasteiger charge is -2.29. The monoisotopic (exact) mass is 351 g/mol. The molecule has 1 unspecified atom stereocenters. The van der Waals surface area contributed by atoms with Gasteiger partial charge < -0.3 is 4.74 Å². The van der Waals surface area contributed by atoms with E-state index in [1.54, 1.807) is 4.90 Å². The Labute approximate surface area is 152 Å². The Hall–Kier alpha value is -2.70. The Morgan fingerprint density at radius 2 is 1.50 bits per heavy atom. The summed E-state index contributed by atoms with van der Waals surface area (Å²) in [7, 11) is 0. The van der Waals surface area contributed by atoms with E-state index >= 15 is 0 Å². The second-order valence-electron chi connectivity index (χ2n) is 6.44. The van der Waals surface area contributed by atoms with E-state index in [4.69, 9.17) is 4.74 Å². The van der Waals surface area contributed by atoms with E-state index in [9.17, 15) is 9.59 Å². The third kappa shape index (κ3) is 3.09. The summed E-state index contributed by atoms with van der Waals surface area (Å²) in [4.78, 5) is 31.4. The highest BCUT2D eigenvalue weighted by molar-refractivity contribution is 6.14. The molecule has 1 atom stereocenters. The van der Waals surface area contributed by atoms with E-state index in [2.05, 4.69) is 4.90 Å². The molecule has 6 nitrogen and oxygen atoms in total. The number of hydrogen-bond donors (Lipinski definition) is 0. The number of anilines is 1. The van der Waals surface area contributed by atoms with Crippen LogP contribution in [-0.2, 0) is 9.53 Å². The van der Waals surface area contributed by atoms with Gasteiger partial charge in [-0.3, -0.25) is 14.6 Å². The van der Waals surface area contributed by atoms with E-state index in [1.807, 2.05) is 60.7 Å². The number of morpholine rings is 1. The minimum absolute atomic E-state index is 0.184. The summed E-state index contributed by atoms with van der Waals surface area (Å²) in [6.45, 7) is 2.99. The highest BCUT2D eigenvalue weighted by Crippen LogP contribution is 2.35. The van der Waals surface area contributed by atoms with Crippen LogP contribution in [0.2, 0.25) is 0 Å². The van der Waals surface area contributed by atoms with Crippen molar-refractivity contribution in [1.82, 2.24) is 9.80 Å². The Morgan fingerprint density at radius 3 is 2.15 bits per heavy atom. The molecule has 2 fully saturated rings. The van der Waals surface area contributed by atoms with Gasteiger partial charge in [0.25, 0.3) is 5.91 Å². The lowest BCUT2D eigenvalue weighted by atomic mass is 10.1. The van der Waals surface area contributed by atoms with Gasteiger partial charge in [-0.05, 0) is 17.7 Å². The van der Waals surface area contributed by atoms with Crippen molar-refractivity contribution in [2.75, 3.05) is 37.9 Å². The third-order valence-electron chi connectivity index (χ3n) is 4.79. The van der Waals surface area contributed by atoms with Crippen molar-refractivity contribution >= 4 is 17.6 Å². The molecule has 2 aliphatic heterocycles. The van der Waals surface area contributed by atoms with Crippen molar-refractivity contribution in [1.29, 1.82) is 0 Å². The van der Waals surface area contributed by atoms with Gasteiger partial charge >= 0.3 is 6.03 Å². The first-order chi connectivity index (χ1) is 12.8. The number of carbonyl (C=O) groups excluding carboxylic acids is 2. The van der Waals surface area contributed by atoms with E-state index in [-0.39, 0.29) is 11.9 Å². The summed E-state index contributed by atoms with van der Waals surface area (Å²) in [5.74, 6) is -0.184. The second-order valence-corrected chi connectivity index (χ2v) is 6.44. The number of carbonyl (C=O) groups is 2. The summed E-state index contributed by atoms with van der Waals surface area (Å²) in [5, 5.41) is 0. The molecule has 0 radical (unpaired) electrons. The number of amides is 3. The van der Waals surface area contributed by atoms with Crippen LogP contribution < -0.4 is 4.90 Å². The van der Waals surface area contributed by atoms with Crippen molar-refractivity contribution < 1.29 is 14.3 Å². The first-order valence-corrected chi connectivity index (χ1v) is 8.80. The molecular formula is C20H21N3O3. The minimum atomic E-state index is -0.632. The molecule has 2 aromatic carbocycles. The summed E-state index contributed by atoms with van der Waals surface area (Å²) in [5.41, 5.74) is 1.54. The normalized spacial score (nSPS) is 21.5. The molecule has 4 rings (SSSR count). The summed E-state index contributed by atoms with van der Waals surface area (Å²) < 4.78 is 5.36. The van der Waals surface area contributed by atoms with Crippen LogP contribution in [0.4, 0.5) is 10.5 Å². The smallest absolute Gasteiger partial charge is 0.333 e. The first-order valence-electron chi connectivity index (χ1n) is 8.80. The molecule has 2 heterocycles. The maximum atomic E-state index is 13.2. The topological polar surface area (TPSA) is 53.1 Å². The second kappa shape index (κ2) is 7.27. The average molecular weight is 351 g/mol. The lowest BCUT2D eigenvalue weighted by molar-refractivity contribution is -0.129. The van der Waals surface area contributed by atoms with Crippen LogP contribution in [0.1, 0.15) is 11.6 Å². The molecule has 0 saturated carbocycles. The Bertz CT molecular complexity index is 718. The Kier molecular flexibility index (Phi) is 4.69. The molecule has 0 N–H and O–H groups in total. The number of rotatable bonds is 4. The van der Waals surface area contributed by atoms with E-state index in [1.165, 1.54) is 4.90 Å². The van der Waals surface area contributed by atoms with Gasteiger partial charge in [-0.1, -0.05) is 48.5 Å². The molecule has 134 valence electrons. The molecule has 3 amide bonds. The first kappa shape index (κ1) is 16.8. The molecule has 2 saturated heterocycles. The van der Waals surface area contributed by atoms with Gasteiger partial charge in [-0.2, -0.15) is 0 Å². The molecule has 2 aliphatic rings. The number of hydrogen-bond acceptors (Lipinski definition) is 4. The predicted octanol–water partition coefficient (Wildman–Crippen LogP) is 2.49. The third-order valence-corrected chi connectivity index (χ3v) is 4.79. The lowest BCUT2D eigenvalue weighted by Crippen LogP contribution is -2.46. The maximum Gasteiger partial charge on any atom is 0.333 e. The fraction of sp³-hybridized carbons (Fsp3) is 0.300. The van der Waals surface area contributed by atoms with Crippen LogP contribution in [0.15, 0.2) is 60.7 Å². The van der Waals surface area contributed by atoms with Crippen LogP contribution in [0.25, 0.3) is 0 Å². The Balaban J connectivity index is 1.68. The van der Waals surface area contributed by atoms with Gasteiger partial charge in [0.1, 0.15) is 6.04 Å². The van der Waals surface area contributed by atoms with E-state index in [0.29, 0.717) is 19.9 Å². The van der Waals surface area contributed by atoms with Gasteiger partial charge in [0.2, 0.25) is 0 Å². The summed E-state index contributed by atoms with van der Waals surface area (Å²) >= 11 is 0. The largest absolute Gasteiger partial charge is 0.379 e. The standard InChI is InChI=1S/C20H21N3O3/c24-19-18(16-7-3-1-4-8-16)23(17-9-5-2-6-10-17)20(25)22(19)15-21-11-13-26-14-12-21/h1-10,18H,11-15H2. The zero-order valence-electron chi connectivity index (χ0n) is 14.5. The molecule has 0 spiro atoms. The Morgan fingerprint density at radius 1 is 0.885 bits per heavy atom. The number of para-hydroxylation sites is 1. The fourth-order valence-corrected chi connectivity index (χ4v) is 3.44. The van der Waals surface area contributed by atoms with Crippen LogP contribution in [0.3, 0.4) is 0 Å². The zero-order valence-corrected chi connectivity index (χ0v) is 14.5. The summed E-state index contributed by atoms with van der Waals surface area (Å²) in [6.07, 6.45) is 0. The van der Waals surface area contributed by atoms with Gasteiger partial charge in [-0.15, -0.1) is 0 Å². The van der Waals surface area contributed by atoms with Crippen molar-refractivity contribution in [2.24, 2.45) is 0 Å². The highest BCUT2D eigenvalue weighted by atomic mass is 16.5. The van der Waals surface area contributed by atoms with Crippen molar-refractivity contribution in [3.8, 4) is 0 Å². The average Bonchev–Trinajstić information content (AvgIpc) is 2.95. The molecule has 2 aromatic rings. The quantitative estimate of drug-likeness (QED) is 0.794. The van der Waals surface area contributed by atoms with Crippen molar-refractivity contribution in [3.05, 3.63) is 66.2 Å². The van der Waals surface area contributed by atoms with Crippen molar-refractivity contribution in [2.45, 2.75) is 6.04 Å². The van der Waals surface area contributed by atoms with Crippen molar-refractivity contribution in [3.63, 3.8) is 0 Å². The maximum absolute atomic E-state index is 13.2. The van der Waals surface area contributed by atoms with Crippen LogP contribution in [0, 0.1) is 0 Å². The number of urea groups is 1. The number of benzene rings is 2. The summed E-state index contributed by atoms with van der Waals surface area (Å²) in [6, 6.07) is 17.9. The molecule has 0 bridgehead atoms. The SMILES string of the molecule is O=C1C(c2ccccc2)N(c2ccccc2)C(=O)N1CN1CCOCC1. The van der Waals surface area contributed by atoms with Gasteiger partial charge in [0.05, 0.1) is 19.9 Å². The molecular weight excluding hydrogens is 330 g/mol. The highest BCUT2D eigenvalue weighted by Gasteiger charge is 2.47. The van der Waals surface area contributed by atoms with Crippen LogP contribution in [-0.4, -0.2) is 54.7 Å². The molecule has 26 heavy (non-hydrogen) atoms. The van der Waals surface area contributed by atoms with E-state index in [0.717, 1.165) is 24.3 Å².